The lowest BCUT2D eigenvalue weighted by atomic mass is 10.2. The van der Waals surface area contributed by atoms with Crippen LogP contribution >= 0.6 is 58.0 Å². The van der Waals surface area contributed by atoms with Crippen LogP contribution in [0.1, 0.15) is 41.5 Å². The number of nitrogens with one attached hydrogen (secondary N) is 3. The highest BCUT2D eigenvalue weighted by molar-refractivity contribution is 6.61. The van der Waals surface area contributed by atoms with Crippen LogP contribution in [0, 0.1) is 0 Å². The summed E-state index contributed by atoms with van der Waals surface area (Å²) in [5.74, 6) is 0. The van der Waals surface area contributed by atoms with Crippen LogP contribution in [0.5, 0.6) is 0 Å². The molecule has 0 aromatic carbocycles. The molecule has 3 N–H and O–H groups in total. The minimum atomic E-state index is -0.870. The molecule has 17 heteroatoms. The van der Waals surface area contributed by atoms with Gasteiger partial charge in [0.15, 0.2) is 12.1 Å². The Morgan fingerprint density at radius 3 is 1.42 bits per heavy atom. The number of alkyl carbamates (subject to hydrolysis) is 2. The fourth-order valence-electron chi connectivity index (χ4n) is 1.53. The van der Waals surface area contributed by atoms with Gasteiger partial charge in [0.2, 0.25) is 0 Å². The van der Waals surface area contributed by atoms with Gasteiger partial charge in [-0.1, -0.05) is 23.2 Å². The average molecular weight is 655 g/mol. The van der Waals surface area contributed by atoms with Gasteiger partial charge in [-0.2, -0.15) is 0 Å². The van der Waals surface area contributed by atoms with Gasteiger partial charge in [-0.05, 0) is 48.6 Å². The maximum absolute atomic E-state index is 11.2. The first kappa shape index (κ1) is 43.7. The van der Waals surface area contributed by atoms with Crippen LogP contribution in [0.4, 0.5) is 19.2 Å². The Morgan fingerprint density at radius 1 is 0.737 bits per heavy atom. The second-order valence-electron chi connectivity index (χ2n) is 8.49. The molecular weight excluding hydrogens is 614 g/mol. The zero-order valence-corrected chi connectivity index (χ0v) is 26.8. The van der Waals surface area contributed by atoms with Crippen molar-refractivity contribution in [3.05, 3.63) is 0 Å². The topological polar surface area (TPSA) is 145 Å². The summed E-state index contributed by atoms with van der Waals surface area (Å²) in [6, 6.07) is -0.370. The first-order valence-electron chi connectivity index (χ1n) is 10.9. The molecule has 0 radical (unpaired) electrons. The lowest BCUT2D eigenvalue weighted by molar-refractivity contribution is 0.0513. The fraction of sp³-hybridized carbons (Fsp3) is 0.810. The molecule has 228 valence electrons. The van der Waals surface area contributed by atoms with Crippen LogP contribution in [-0.2, 0) is 18.9 Å². The van der Waals surface area contributed by atoms with Crippen molar-refractivity contribution in [2.45, 2.75) is 52.7 Å². The average Bonchev–Trinajstić information content (AvgIpc) is 2.73. The number of carbonyl (C=O) groups is 4. The number of halogens is 5. The third-order valence-corrected chi connectivity index (χ3v) is 3.14. The Hall–Kier alpha value is -1.31. The molecule has 0 heterocycles. The fourth-order valence-corrected chi connectivity index (χ4v) is 1.84. The molecule has 0 bridgehead atoms. The van der Waals surface area contributed by atoms with Crippen molar-refractivity contribution in [2.24, 2.45) is 0 Å². The maximum Gasteiger partial charge on any atom is 0.410 e. The molecule has 0 saturated carbocycles. The Labute approximate surface area is 250 Å². The summed E-state index contributed by atoms with van der Waals surface area (Å²) in [5.41, 5.74) is -1.82. The van der Waals surface area contributed by atoms with Gasteiger partial charge in [-0.3, -0.25) is 0 Å². The largest absolute Gasteiger partial charge is 0.444 e. The first-order valence-corrected chi connectivity index (χ1v) is 13.4. The second-order valence-corrected chi connectivity index (χ2v) is 10.0. The van der Waals surface area contributed by atoms with E-state index in [1.54, 1.807) is 27.8 Å². The molecule has 12 nitrogen and oxygen atoms in total. The van der Waals surface area contributed by atoms with Gasteiger partial charge in [-0.25, -0.2) is 19.2 Å². The standard InChI is InChI=1S/C10H19ClN2O4.C8H18N2O2.C2H2Cl2O2.CH2Cl2/c1-10(2,3)17-8(14)12-5-6-13(4)9(15)16-7-11;1-8(2,3)12-7(11)10-6-5-9-4;3-1-6-2(4)5;2-1-3/h5-7H2,1-4H3,(H,12,14);9H,5-6H2,1-4H3,(H,10,11);1H2;1H2. The van der Waals surface area contributed by atoms with E-state index in [1.165, 1.54) is 4.90 Å². The molecule has 0 aliphatic heterocycles. The van der Waals surface area contributed by atoms with Crippen molar-refractivity contribution in [3.63, 3.8) is 0 Å². The molecule has 0 aliphatic carbocycles. The Bertz CT molecular complexity index is 636. The van der Waals surface area contributed by atoms with E-state index in [-0.39, 0.29) is 30.1 Å². The van der Waals surface area contributed by atoms with Gasteiger partial charge < -0.3 is 39.8 Å². The molecule has 0 rings (SSSR count). The zero-order valence-electron chi connectivity index (χ0n) is 23.1. The quantitative estimate of drug-likeness (QED) is 0.134. The molecule has 0 aromatic heterocycles. The summed E-state index contributed by atoms with van der Waals surface area (Å²) in [6.45, 7) is 12.8. The van der Waals surface area contributed by atoms with Gasteiger partial charge in [-0.15, -0.1) is 23.2 Å². The number of amides is 3. The number of hydrogen-bond acceptors (Lipinski definition) is 9. The first-order chi connectivity index (χ1) is 17.4. The Balaban J connectivity index is -0.000000238. The summed E-state index contributed by atoms with van der Waals surface area (Å²) in [6.07, 6.45) is -1.42. The SMILES string of the molecule is CN(CCNC(=O)OC(C)(C)C)C(=O)OCCl.CNCCNC(=O)OC(C)(C)C.ClCCl.O=C(Cl)OCCl. The molecule has 38 heavy (non-hydrogen) atoms. The highest BCUT2D eigenvalue weighted by Crippen LogP contribution is 2.06. The molecule has 3 amide bonds. The van der Waals surface area contributed by atoms with Gasteiger partial charge in [0.25, 0.3) is 0 Å². The summed E-state index contributed by atoms with van der Waals surface area (Å²) in [5, 5.41) is 8.25. The second kappa shape index (κ2) is 27.3. The number of alkyl halides is 4. The molecule has 0 spiro atoms. The van der Waals surface area contributed by atoms with Crippen LogP contribution in [0.3, 0.4) is 0 Å². The third-order valence-electron chi connectivity index (χ3n) is 2.82. The van der Waals surface area contributed by atoms with Crippen molar-refractivity contribution in [1.29, 1.82) is 0 Å². The normalized spacial score (nSPS) is 9.92. The number of likely N-dealkylation sites (N-methyl/N-ethyl adjacent to an activating group) is 2. The van der Waals surface area contributed by atoms with Crippen molar-refractivity contribution in [3.8, 4) is 0 Å². The molecule has 0 atom stereocenters. The number of hydrogen-bond donors (Lipinski definition) is 3. The number of rotatable bonds is 8. The highest BCUT2D eigenvalue weighted by Gasteiger charge is 2.16. The highest BCUT2D eigenvalue weighted by atomic mass is 35.5. The van der Waals surface area contributed by atoms with Gasteiger partial charge in [0.05, 0.1) is 5.34 Å². The summed E-state index contributed by atoms with van der Waals surface area (Å²) in [4.78, 5) is 44.1. The summed E-state index contributed by atoms with van der Waals surface area (Å²) >= 11 is 24.3. The Morgan fingerprint density at radius 2 is 1.13 bits per heavy atom. The van der Waals surface area contributed by atoms with E-state index in [2.05, 4.69) is 37.0 Å². The van der Waals surface area contributed by atoms with Crippen molar-refractivity contribution < 1.29 is 38.1 Å². The lowest BCUT2D eigenvalue weighted by Gasteiger charge is -2.20. The molecule has 0 saturated heterocycles. The number of nitrogens with zero attached hydrogens (tertiary/aromatic N) is 1. The van der Waals surface area contributed by atoms with E-state index in [0.717, 1.165) is 6.54 Å². The minimum Gasteiger partial charge on any atom is -0.444 e. The summed E-state index contributed by atoms with van der Waals surface area (Å²) < 4.78 is 18.5. The van der Waals surface area contributed by atoms with Crippen LogP contribution in [-0.4, -0.2) is 97.6 Å². The van der Waals surface area contributed by atoms with Crippen molar-refractivity contribution in [1.82, 2.24) is 20.9 Å². The predicted molar refractivity (Wildman–Crippen MR) is 152 cm³/mol. The molecule has 0 aliphatic rings. The lowest BCUT2D eigenvalue weighted by Crippen LogP contribution is -2.38. The van der Waals surface area contributed by atoms with E-state index >= 15 is 0 Å². The molecular formula is C21H41Cl5N4O8. The monoisotopic (exact) mass is 652 g/mol. The number of ether oxygens (including phenoxy) is 4. The van der Waals surface area contributed by atoms with Crippen LogP contribution in [0.2, 0.25) is 0 Å². The molecule has 0 unspecified atom stereocenters. The maximum atomic E-state index is 11.2. The van der Waals surface area contributed by atoms with Gasteiger partial charge in [0.1, 0.15) is 11.2 Å². The third kappa shape index (κ3) is 44.7. The van der Waals surface area contributed by atoms with E-state index in [9.17, 15) is 19.2 Å². The van der Waals surface area contributed by atoms with E-state index in [0.29, 0.717) is 13.1 Å². The van der Waals surface area contributed by atoms with E-state index in [1.807, 2.05) is 27.8 Å². The number of carbonyl (C=O) groups excluding carboxylic acids is 4. The van der Waals surface area contributed by atoms with Crippen molar-refractivity contribution in [2.75, 3.05) is 57.7 Å². The van der Waals surface area contributed by atoms with Crippen LogP contribution in [0.15, 0.2) is 0 Å². The minimum absolute atomic E-state index is 0.178. The van der Waals surface area contributed by atoms with Crippen molar-refractivity contribution >= 4 is 81.7 Å². The van der Waals surface area contributed by atoms with Gasteiger partial charge in [0, 0.05) is 44.8 Å². The van der Waals surface area contributed by atoms with E-state index in [4.69, 9.17) is 55.9 Å². The smallest absolute Gasteiger partial charge is 0.410 e. The van der Waals surface area contributed by atoms with E-state index < -0.39 is 28.8 Å². The molecule has 0 fully saturated rings. The van der Waals surface area contributed by atoms with Gasteiger partial charge >= 0.3 is 23.7 Å². The van der Waals surface area contributed by atoms with Crippen LogP contribution < -0.4 is 16.0 Å². The Kier molecular flexibility index (Phi) is 31.4. The summed E-state index contributed by atoms with van der Waals surface area (Å²) in [7, 11) is 3.38. The predicted octanol–water partition coefficient (Wildman–Crippen LogP) is 5.49. The molecule has 0 aromatic rings. The van der Waals surface area contributed by atoms with Crippen LogP contribution in [0.25, 0.3) is 0 Å². The zero-order chi connectivity index (χ0) is 30.8.